The number of aromatic nitrogens is 1. The summed E-state index contributed by atoms with van der Waals surface area (Å²) in [4.78, 5) is 22.5. The van der Waals surface area contributed by atoms with Gasteiger partial charge in [-0.05, 0) is 76.2 Å². The molecule has 7 atom stereocenters. The van der Waals surface area contributed by atoms with Crippen molar-refractivity contribution in [1.82, 2.24) is 4.98 Å². The minimum atomic E-state index is -1.09. The van der Waals surface area contributed by atoms with Gasteiger partial charge in [0, 0.05) is 28.3 Å². The van der Waals surface area contributed by atoms with Gasteiger partial charge in [-0.25, -0.2) is 4.98 Å². The molecule has 4 aliphatic carbocycles. The number of fused-ring (bicyclic) bond motifs is 4. The fourth-order valence-electron chi connectivity index (χ4n) is 8.76. The molecule has 6 heteroatoms. The molecule has 2 N–H and O–H groups in total. The maximum Gasteiger partial charge on any atom is 0.186 e. The van der Waals surface area contributed by atoms with E-state index < -0.39 is 17.6 Å². The SMILES string of the molecule is C=C1C(=O)[C@@]23[C@H](O)C[C@@H]4C(C)(C)c5nc(N(C(C)C)C(C)C)sc5C[C@@]4(C)[C@@H]2CC[C@H]1[C@H]3O. The van der Waals surface area contributed by atoms with Crippen LogP contribution in [0.2, 0.25) is 0 Å². The molecule has 4 aliphatic rings. The van der Waals surface area contributed by atoms with Gasteiger partial charge in [-0.2, -0.15) is 0 Å². The lowest BCUT2D eigenvalue weighted by Gasteiger charge is -2.64. The van der Waals surface area contributed by atoms with E-state index in [0.29, 0.717) is 24.1 Å². The number of nitrogens with zero attached hydrogens (tertiary/aromatic N) is 2. The molecule has 0 radical (unpaired) electrons. The summed E-state index contributed by atoms with van der Waals surface area (Å²) in [5.74, 6) is -0.138. The Kier molecular flexibility index (Phi) is 5.09. The summed E-state index contributed by atoms with van der Waals surface area (Å²) in [5.41, 5.74) is 0.197. The number of Topliss-reactive ketones (excluding diaryl/α,β-unsaturated/α-hetero) is 1. The van der Waals surface area contributed by atoms with E-state index in [1.165, 1.54) is 4.88 Å². The highest BCUT2D eigenvalue weighted by atomic mass is 32.1. The molecule has 3 fully saturated rings. The van der Waals surface area contributed by atoms with Gasteiger partial charge in [-0.15, -0.1) is 11.3 Å². The Morgan fingerprint density at radius 1 is 1.09 bits per heavy atom. The Labute approximate surface area is 202 Å². The zero-order chi connectivity index (χ0) is 24.2. The number of carbonyl (C=O) groups is 1. The Morgan fingerprint density at radius 3 is 2.33 bits per heavy atom. The molecule has 0 saturated heterocycles. The van der Waals surface area contributed by atoms with Crippen LogP contribution in [0.5, 0.6) is 0 Å². The second-order valence-corrected chi connectivity index (χ2v) is 13.6. The molecule has 0 aromatic carbocycles. The topological polar surface area (TPSA) is 73.7 Å². The van der Waals surface area contributed by atoms with Gasteiger partial charge in [0.2, 0.25) is 0 Å². The molecular weight excluding hydrogens is 432 g/mol. The van der Waals surface area contributed by atoms with Crippen molar-refractivity contribution < 1.29 is 15.0 Å². The Morgan fingerprint density at radius 2 is 1.73 bits per heavy atom. The maximum atomic E-state index is 13.6. The summed E-state index contributed by atoms with van der Waals surface area (Å²) in [7, 11) is 0. The summed E-state index contributed by atoms with van der Waals surface area (Å²) in [6.45, 7) is 19.8. The minimum absolute atomic E-state index is 0.0546. The summed E-state index contributed by atoms with van der Waals surface area (Å²) >= 11 is 1.80. The lowest BCUT2D eigenvalue weighted by Crippen LogP contribution is -2.68. The van der Waals surface area contributed by atoms with Crippen molar-refractivity contribution >= 4 is 22.3 Å². The van der Waals surface area contributed by atoms with Crippen LogP contribution in [0.15, 0.2) is 12.2 Å². The van der Waals surface area contributed by atoms with Crippen molar-refractivity contribution in [3.8, 4) is 0 Å². The summed E-state index contributed by atoms with van der Waals surface area (Å²) in [6, 6.07) is 0.715. The molecule has 2 bridgehead atoms. The fraction of sp³-hybridized carbons (Fsp3) is 0.778. The van der Waals surface area contributed by atoms with Crippen molar-refractivity contribution in [2.24, 2.45) is 28.6 Å². The zero-order valence-electron chi connectivity index (χ0n) is 21.2. The molecule has 1 heterocycles. The van der Waals surface area contributed by atoms with Crippen molar-refractivity contribution in [2.45, 2.75) is 104 Å². The van der Waals surface area contributed by atoms with E-state index in [2.05, 4.69) is 59.9 Å². The monoisotopic (exact) mass is 472 g/mol. The Bertz CT molecular complexity index is 1010. The van der Waals surface area contributed by atoms with Crippen LogP contribution in [0.1, 0.15) is 78.3 Å². The number of aliphatic hydroxyl groups is 2. The molecule has 182 valence electrons. The first-order valence-electron chi connectivity index (χ1n) is 12.7. The second kappa shape index (κ2) is 7.14. The van der Waals surface area contributed by atoms with E-state index >= 15 is 0 Å². The average Bonchev–Trinajstić information content (AvgIpc) is 3.15. The van der Waals surface area contributed by atoms with E-state index in [9.17, 15) is 15.0 Å². The molecule has 1 aromatic rings. The molecule has 0 amide bonds. The predicted molar refractivity (Wildman–Crippen MR) is 133 cm³/mol. The van der Waals surface area contributed by atoms with Crippen molar-refractivity contribution in [3.05, 3.63) is 22.7 Å². The summed E-state index contributed by atoms with van der Waals surface area (Å²) in [5, 5.41) is 24.0. The normalized spacial score (nSPS) is 41.2. The molecule has 3 saturated carbocycles. The molecule has 5 nitrogen and oxygen atoms in total. The van der Waals surface area contributed by atoms with Gasteiger partial charge < -0.3 is 15.1 Å². The van der Waals surface area contributed by atoms with Crippen LogP contribution in [-0.2, 0) is 16.6 Å². The van der Waals surface area contributed by atoms with Crippen molar-refractivity contribution in [1.29, 1.82) is 0 Å². The number of hydrogen-bond donors (Lipinski definition) is 2. The zero-order valence-corrected chi connectivity index (χ0v) is 22.0. The molecule has 1 aromatic heterocycles. The van der Waals surface area contributed by atoms with E-state index in [4.69, 9.17) is 4.98 Å². The van der Waals surface area contributed by atoms with Gasteiger partial charge in [0.05, 0.1) is 23.3 Å². The van der Waals surface area contributed by atoms with Gasteiger partial charge in [-0.3, -0.25) is 4.79 Å². The van der Waals surface area contributed by atoms with Crippen LogP contribution in [0, 0.1) is 28.6 Å². The molecule has 5 rings (SSSR count). The molecular formula is C27H40N2O3S. The number of rotatable bonds is 3. The first kappa shape index (κ1) is 23.5. The van der Waals surface area contributed by atoms with Crippen molar-refractivity contribution in [2.75, 3.05) is 4.90 Å². The third kappa shape index (κ3) is 2.72. The highest BCUT2D eigenvalue weighted by molar-refractivity contribution is 7.15. The smallest absolute Gasteiger partial charge is 0.186 e. The average molecular weight is 473 g/mol. The third-order valence-electron chi connectivity index (χ3n) is 9.99. The maximum absolute atomic E-state index is 13.6. The lowest BCUT2D eigenvalue weighted by molar-refractivity contribution is -0.212. The lowest BCUT2D eigenvalue weighted by atomic mass is 9.40. The highest BCUT2D eigenvalue weighted by Gasteiger charge is 2.74. The summed E-state index contributed by atoms with van der Waals surface area (Å²) in [6.07, 6.45) is 1.36. The molecule has 1 spiro atoms. The van der Waals surface area contributed by atoms with Crippen LogP contribution < -0.4 is 4.90 Å². The van der Waals surface area contributed by atoms with E-state index in [1.54, 1.807) is 11.3 Å². The minimum Gasteiger partial charge on any atom is -0.392 e. The number of hydrogen-bond acceptors (Lipinski definition) is 6. The second-order valence-electron chi connectivity index (χ2n) is 12.5. The van der Waals surface area contributed by atoms with Crippen LogP contribution in [0.25, 0.3) is 0 Å². The first-order chi connectivity index (χ1) is 15.3. The van der Waals surface area contributed by atoms with Crippen LogP contribution in [0.4, 0.5) is 5.13 Å². The summed E-state index contributed by atoms with van der Waals surface area (Å²) < 4.78 is 0. The Hall–Kier alpha value is -1.24. The van der Waals surface area contributed by atoms with E-state index in [0.717, 1.165) is 30.1 Å². The standard InChI is InChI=1S/C27H40N2O3S/c1-13(2)29(14(3)4)24-28-21-17(33-24)12-26(8)18-10-9-16-15(5)22(31)27(18,23(16)32)20(30)11-19(26)25(21,6)7/h13-14,16,18-20,23,30,32H,5,9-12H2,1-4,6-8H3/t16-,18+,19-,20-,23-,26+,27+/m1/s1. The predicted octanol–water partition coefficient (Wildman–Crippen LogP) is 4.50. The molecule has 0 unspecified atom stereocenters. The molecule has 0 aliphatic heterocycles. The Balaban J connectivity index is 1.65. The van der Waals surface area contributed by atoms with Gasteiger partial charge in [0.25, 0.3) is 0 Å². The number of thiazole rings is 1. The van der Waals surface area contributed by atoms with Crippen LogP contribution in [0.3, 0.4) is 0 Å². The van der Waals surface area contributed by atoms with Crippen molar-refractivity contribution in [3.63, 3.8) is 0 Å². The fourth-order valence-corrected chi connectivity index (χ4v) is 10.4. The van der Waals surface area contributed by atoms with Crippen LogP contribution in [-0.4, -0.2) is 45.3 Å². The molecule has 33 heavy (non-hydrogen) atoms. The van der Waals surface area contributed by atoms with E-state index in [-0.39, 0.29) is 34.4 Å². The number of aliphatic hydroxyl groups excluding tert-OH is 2. The van der Waals surface area contributed by atoms with Gasteiger partial charge in [0.15, 0.2) is 10.9 Å². The number of ketones is 1. The number of carbonyl (C=O) groups excluding carboxylic acids is 1. The number of anilines is 1. The van der Waals surface area contributed by atoms with Gasteiger partial charge in [-0.1, -0.05) is 27.4 Å². The van der Waals surface area contributed by atoms with E-state index in [1.807, 2.05) is 0 Å². The highest BCUT2D eigenvalue weighted by Crippen LogP contribution is 2.70. The largest absolute Gasteiger partial charge is 0.392 e. The quantitative estimate of drug-likeness (QED) is 0.634. The van der Waals surface area contributed by atoms with Crippen LogP contribution >= 0.6 is 11.3 Å². The third-order valence-corrected chi connectivity index (χ3v) is 11.1. The van der Waals surface area contributed by atoms with Gasteiger partial charge in [0.1, 0.15) is 0 Å². The van der Waals surface area contributed by atoms with Gasteiger partial charge >= 0.3 is 0 Å². The first-order valence-corrected chi connectivity index (χ1v) is 13.5.